The van der Waals surface area contributed by atoms with E-state index in [1.807, 2.05) is 95.9 Å². The van der Waals surface area contributed by atoms with E-state index in [0.717, 1.165) is 40.8 Å². The first kappa shape index (κ1) is 23.6. The van der Waals surface area contributed by atoms with Gasteiger partial charge < -0.3 is 15.1 Å². The van der Waals surface area contributed by atoms with Crippen molar-refractivity contribution in [2.45, 2.75) is 0 Å². The summed E-state index contributed by atoms with van der Waals surface area (Å²) in [6, 6.07) is 28.8. The normalized spacial score (nSPS) is 13.8. The third-order valence-corrected chi connectivity index (χ3v) is 6.74. The van der Waals surface area contributed by atoms with E-state index in [2.05, 4.69) is 10.2 Å². The SMILES string of the molecule is O=C(Nc1ccc(N2CCN(C(=O)/C=C/c3ccccc3)CC2)cc1)c1cccc2c(Cl)cccc12. The molecule has 1 N–H and O–H groups in total. The van der Waals surface area contributed by atoms with Crippen LogP contribution in [-0.4, -0.2) is 42.9 Å². The predicted molar refractivity (Wildman–Crippen MR) is 148 cm³/mol. The smallest absolute Gasteiger partial charge is 0.256 e. The molecular formula is C30H26ClN3O2. The van der Waals surface area contributed by atoms with Crippen molar-refractivity contribution in [3.63, 3.8) is 0 Å². The second kappa shape index (κ2) is 10.7. The minimum absolute atomic E-state index is 0.0336. The summed E-state index contributed by atoms with van der Waals surface area (Å²) in [4.78, 5) is 29.6. The number of nitrogens with one attached hydrogen (secondary N) is 1. The number of fused-ring (bicyclic) bond motifs is 1. The number of carbonyl (C=O) groups excluding carboxylic acids is 2. The Morgan fingerprint density at radius 3 is 2.19 bits per heavy atom. The van der Waals surface area contributed by atoms with Crippen LogP contribution in [0.25, 0.3) is 16.8 Å². The molecule has 0 radical (unpaired) electrons. The topological polar surface area (TPSA) is 52.7 Å². The van der Waals surface area contributed by atoms with Crippen molar-refractivity contribution >= 4 is 51.6 Å². The molecule has 4 aromatic rings. The van der Waals surface area contributed by atoms with Gasteiger partial charge in [-0.25, -0.2) is 0 Å². The molecule has 0 bridgehead atoms. The van der Waals surface area contributed by atoms with Gasteiger partial charge in [0.2, 0.25) is 5.91 Å². The third kappa shape index (κ3) is 5.26. The minimum atomic E-state index is -0.175. The zero-order valence-electron chi connectivity index (χ0n) is 19.7. The second-order valence-electron chi connectivity index (χ2n) is 8.70. The van der Waals surface area contributed by atoms with E-state index >= 15 is 0 Å². The molecule has 180 valence electrons. The Morgan fingerprint density at radius 2 is 1.44 bits per heavy atom. The summed E-state index contributed by atoms with van der Waals surface area (Å²) in [7, 11) is 0. The van der Waals surface area contributed by atoms with Crippen LogP contribution in [0.15, 0.2) is 97.1 Å². The Balaban J connectivity index is 1.18. The molecule has 36 heavy (non-hydrogen) atoms. The van der Waals surface area contributed by atoms with Gasteiger partial charge in [0, 0.05) is 59.6 Å². The molecule has 2 amide bonds. The number of nitrogens with zero attached hydrogens (tertiary/aromatic N) is 2. The Bertz CT molecular complexity index is 1410. The van der Waals surface area contributed by atoms with Crippen LogP contribution in [0.4, 0.5) is 11.4 Å². The minimum Gasteiger partial charge on any atom is -0.368 e. The average molecular weight is 496 g/mol. The highest BCUT2D eigenvalue weighted by Gasteiger charge is 2.20. The lowest BCUT2D eigenvalue weighted by Crippen LogP contribution is -2.48. The molecule has 1 saturated heterocycles. The van der Waals surface area contributed by atoms with Crippen molar-refractivity contribution in [1.29, 1.82) is 0 Å². The van der Waals surface area contributed by atoms with E-state index in [1.54, 1.807) is 12.1 Å². The molecule has 4 aromatic carbocycles. The van der Waals surface area contributed by atoms with Gasteiger partial charge in [-0.1, -0.05) is 66.2 Å². The maximum Gasteiger partial charge on any atom is 0.256 e. The van der Waals surface area contributed by atoms with Crippen molar-refractivity contribution < 1.29 is 9.59 Å². The van der Waals surface area contributed by atoms with Crippen molar-refractivity contribution in [3.8, 4) is 0 Å². The summed E-state index contributed by atoms with van der Waals surface area (Å²) in [6.07, 6.45) is 3.50. The van der Waals surface area contributed by atoms with Gasteiger partial charge in [0.05, 0.1) is 0 Å². The molecular weight excluding hydrogens is 470 g/mol. The van der Waals surface area contributed by atoms with E-state index in [4.69, 9.17) is 11.6 Å². The molecule has 1 fully saturated rings. The molecule has 6 heteroatoms. The van der Waals surface area contributed by atoms with E-state index < -0.39 is 0 Å². The highest BCUT2D eigenvalue weighted by Crippen LogP contribution is 2.27. The van der Waals surface area contributed by atoms with Gasteiger partial charge in [0.1, 0.15) is 0 Å². The standard InChI is InChI=1S/C30H26ClN3O2/c31-28-11-5-8-25-26(28)9-4-10-27(25)30(36)32-23-13-15-24(16-14-23)33-18-20-34(21-19-33)29(35)17-12-22-6-2-1-3-7-22/h1-17H,18-21H2,(H,32,36)/b17-12+. The van der Waals surface area contributed by atoms with Crippen LogP contribution >= 0.6 is 11.6 Å². The number of halogens is 1. The maximum absolute atomic E-state index is 13.0. The zero-order valence-corrected chi connectivity index (χ0v) is 20.5. The summed E-state index contributed by atoms with van der Waals surface area (Å²) < 4.78 is 0. The van der Waals surface area contributed by atoms with E-state index in [1.165, 1.54) is 0 Å². The van der Waals surface area contributed by atoms with Crippen molar-refractivity contribution in [1.82, 2.24) is 4.90 Å². The number of rotatable bonds is 5. The lowest BCUT2D eigenvalue weighted by molar-refractivity contribution is -0.126. The first-order valence-corrected chi connectivity index (χ1v) is 12.3. The molecule has 0 spiro atoms. The molecule has 0 aliphatic carbocycles. The van der Waals surface area contributed by atoms with Crippen LogP contribution in [0, 0.1) is 0 Å². The van der Waals surface area contributed by atoms with Crippen LogP contribution in [0.5, 0.6) is 0 Å². The zero-order chi connectivity index (χ0) is 24.9. The number of anilines is 2. The van der Waals surface area contributed by atoms with Gasteiger partial charge in [0.25, 0.3) is 5.91 Å². The van der Waals surface area contributed by atoms with Gasteiger partial charge in [-0.2, -0.15) is 0 Å². The maximum atomic E-state index is 13.0. The molecule has 1 heterocycles. The van der Waals surface area contributed by atoms with Crippen molar-refractivity contribution in [2.75, 3.05) is 36.4 Å². The van der Waals surface area contributed by atoms with Crippen LogP contribution in [0.1, 0.15) is 15.9 Å². The van der Waals surface area contributed by atoms with Crippen LogP contribution in [-0.2, 0) is 4.79 Å². The number of amides is 2. The molecule has 0 unspecified atom stereocenters. The van der Waals surface area contributed by atoms with Crippen LogP contribution < -0.4 is 10.2 Å². The predicted octanol–water partition coefficient (Wildman–Crippen LogP) is 6.11. The number of piperazine rings is 1. The quantitative estimate of drug-likeness (QED) is 0.340. The largest absolute Gasteiger partial charge is 0.368 e. The van der Waals surface area contributed by atoms with Gasteiger partial charge in [0.15, 0.2) is 0 Å². The highest BCUT2D eigenvalue weighted by molar-refractivity contribution is 6.36. The average Bonchev–Trinajstić information content (AvgIpc) is 2.93. The monoisotopic (exact) mass is 495 g/mol. The van der Waals surface area contributed by atoms with Gasteiger partial charge in [-0.3, -0.25) is 9.59 Å². The Hall–Kier alpha value is -4.09. The number of hydrogen-bond donors (Lipinski definition) is 1. The Labute approximate surface area is 215 Å². The fourth-order valence-corrected chi connectivity index (χ4v) is 4.68. The van der Waals surface area contributed by atoms with Gasteiger partial charge in [-0.15, -0.1) is 0 Å². The lowest BCUT2D eigenvalue weighted by atomic mass is 10.0. The summed E-state index contributed by atoms with van der Waals surface area (Å²) in [6.45, 7) is 2.85. The summed E-state index contributed by atoms with van der Waals surface area (Å²) in [5.41, 5.74) is 3.39. The lowest BCUT2D eigenvalue weighted by Gasteiger charge is -2.35. The molecule has 1 aliphatic heterocycles. The van der Waals surface area contributed by atoms with Crippen molar-refractivity contribution in [3.05, 3.63) is 113 Å². The van der Waals surface area contributed by atoms with E-state index in [9.17, 15) is 9.59 Å². The first-order chi connectivity index (χ1) is 17.6. The third-order valence-electron chi connectivity index (χ3n) is 6.41. The molecule has 0 aromatic heterocycles. The number of hydrogen-bond acceptors (Lipinski definition) is 3. The van der Waals surface area contributed by atoms with Crippen molar-refractivity contribution in [2.24, 2.45) is 0 Å². The molecule has 5 rings (SSSR count). The first-order valence-electron chi connectivity index (χ1n) is 11.9. The van der Waals surface area contributed by atoms with Gasteiger partial charge >= 0.3 is 0 Å². The van der Waals surface area contributed by atoms with E-state index in [-0.39, 0.29) is 11.8 Å². The molecule has 0 atom stereocenters. The highest BCUT2D eigenvalue weighted by atomic mass is 35.5. The summed E-state index contributed by atoms with van der Waals surface area (Å²) in [5, 5.41) is 5.29. The Morgan fingerprint density at radius 1 is 0.750 bits per heavy atom. The fraction of sp³-hybridized carbons (Fsp3) is 0.133. The van der Waals surface area contributed by atoms with Gasteiger partial charge in [-0.05, 0) is 53.4 Å². The van der Waals surface area contributed by atoms with E-state index in [0.29, 0.717) is 23.7 Å². The molecule has 1 aliphatic rings. The summed E-state index contributed by atoms with van der Waals surface area (Å²) in [5.74, 6) is -0.141. The van der Waals surface area contributed by atoms with Crippen LogP contribution in [0.2, 0.25) is 5.02 Å². The number of benzene rings is 4. The summed E-state index contributed by atoms with van der Waals surface area (Å²) >= 11 is 6.29. The van der Waals surface area contributed by atoms with Crippen LogP contribution in [0.3, 0.4) is 0 Å². The molecule has 5 nitrogen and oxygen atoms in total. The molecule has 0 saturated carbocycles. The number of carbonyl (C=O) groups is 2. The fourth-order valence-electron chi connectivity index (χ4n) is 4.45. The second-order valence-corrected chi connectivity index (χ2v) is 9.11. The Kier molecular flexibility index (Phi) is 7.01.